The standard InChI is InChI=1S/C19H18ClN3O3S2/c1-12-3-8-17(13(2)9-12)22-18(24)10-15-11-27-19(21-15)23-28(25,26)16-6-4-14(20)5-7-16/h3-9,11H,10H2,1-2H3,(H,21,23)(H,22,24). The van der Waals surface area contributed by atoms with Crippen molar-refractivity contribution in [1.82, 2.24) is 4.98 Å². The second-order valence-electron chi connectivity index (χ2n) is 6.25. The van der Waals surface area contributed by atoms with Gasteiger partial charge in [0.15, 0.2) is 5.13 Å². The number of hydrogen-bond acceptors (Lipinski definition) is 5. The lowest BCUT2D eigenvalue weighted by atomic mass is 10.1. The van der Waals surface area contributed by atoms with Gasteiger partial charge in [0.2, 0.25) is 5.91 Å². The number of rotatable bonds is 6. The summed E-state index contributed by atoms with van der Waals surface area (Å²) < 4.78 is 27.2. The van der Waals surface area contributed by atoms with Crippen LogP contribution in [-0.2, 0) is 21.2 Å². The Bertz CT molecular complexity index is 1110. The predicted octanol–water partition coefficient (Wildman–Crippen LogP) is 4.40. The van der Waals surface area contributed by atoms with Gasteiger partial charge in [-0.3, -0.25) is 9.52 Å². The monoisotopic (exact) mass is 435 g/mol. The third kappa shape index (κ3) is 5.09. The van der Waals surface area contributed by atoms with Gasteiger partial charge in [0.1, 0.15) is 0 Å². The fourth-order valence-corrected chi connectivity index (χ4v) is 4.62. The van der Waals surface area contributed by atoms with Crippen molar-refractivity contribution in [2.24, 2.45) is 0 Å². The van der Waals surface area contributed by atoms with Gasteiger partial charge in [0.05, 0.1) is 17.0 Å². The molecule has 0 saturated carbocycles. The van der Waals surface area contributed by atoms with Crippen molar-refractivity contribution in [2.75, 3.05) is 10.0 Å². The van der Waals surface area contributed by atoms with Gasteiger partial charge in [-0.25, -0.2) is 13.4 Å². The summed E-state index contributed by atoms with van der Waals surface area (Å²) in [6.45, 7) is 3.91. The van der Waals surface area contributed by atoms with Gasteiger partial charge in [-0.05, 0) is 49.7 Å². The number of anilines is 2. The highest BCUT2D eigenvalue weighted by atomic mass is 35.5. The van der Waals surface area contributed by atoms with Crippen LogP contribution < -0.4 is 10.0 Å². The smallest absolute Gasteiger partial charge is 0.263 e. The van der Waals surface area contributed by atoms with E-state index in [4.69, 9.17) is 11.6 Å². The second-order valence-corrected chi connectivity index (χ2v) is 9.22. The molecule has 0 fully saturated rings. The zero-order valence-electron chi connectivity index (χ0n) is 15.2. The average Bonchev–Trinajstić information content (AvgIpc) is 3.04. The molecule has 0 unspecified atom stereocenters. The van der Waals surface area contributed by atoms with E-state index in [0.29, 0.717) is 10.7 Å². The van der Waals surface area contributed by atoms with Crippen molar-refractivity contribution in [3.8, 4) is 0 Å². The molecular formula is C19H18ClN3O3S2. The van der Waals surface area contributed by atoms with E-state index in [1.165, 1.54) is 24.3 Å². The Morgan fingerprint density at radius 1 is 1.14 bits per heavy atom. The maximum atomic E-state index is 12.4. The maximum Gasteiger partial charge on any atom is 0.263 e. The summed E-state index contributed by atoms with van der Waals surface area (Å²) in [7, 11) is -3.76. The fraction of sp³-hybridized carbons (Fsp3) is 0.158. The molecule has 0 atom stereocenters. The molecule has 3 aromatic rings. The van der Waals surface area contributed by atoms with Gasteiger partial charge >= 0.3 is 0 Å². The van der Waals surface area contributed by atoms with Crippen LogP contribution in [0.4, 0.5) is 10.8 Å². The zero-order chi connectivity index (χ0) is 20.3. The van der Waals surface area contributed by atoms with Crippen molar-refractivity contribution >= 4 is 49.7 Å². The maximum absolute atomic E-state index is 12.4. The largest absolute Gasteiger partial charge is 0.326 e. The minimum absolute atomic E-state index is 0.0481. The lowest BCUT2D eigenvalue weighted by molar-refractivity contribution is -0.115. The molecule has 6 nitrogen and oxygen atoms in total. The molecule has 2 N–H and O–H groups in total. The zero-order valence-corrected chi connectivity index (χ0v) is 17.6. The number of halogens is 1. The van der Waals surface area contributed by atoms with Gasteiger partial charge in [-0.2, -0.15) is 0 Å². The number of benzene rings is 2. The number of hydrogen-bond donors (Lipinski definition) is 2. The van der Waals surface area contributed by atoms with Crippen molar-refractivity contribution in [2.45, 2.75) is 25.2 Å². The number of sulfonamides is 1. The van der Waals surface area contributed by atoms with Crippen molar-refractivity contribution in [3.05, 3.63) is 69.7 Å². The Hall–Kier alpha value is -2.42. The first-order chi connectivity index (χ1) is 13.2. The molecule has 1 heterocycles. The summed E-state index contributed by atoms with van der Waals surface area (Å²) in [6, 6.07) is 11.6. The Labute approximate surface area is 172 Å². The molecule has 0 aliphatic rings. The minimum atomic E-state index is -3.76. The van der Waals surface area contributed by atoms with Crippen LogP contribution in [-0.4, -0.2) is 19.3 Å². The highest BCUT2D eigenvalue weighted by Gasteiger charge is 2.17. The van der Waals surface area contributed by atoms with E-state index < -0.39 is 10.0 Å². The van der Waals surface area contributed by atoms with E-state index in [1.54, 1.807) is 5.38 Å². The molecule has 0 radical (unpaired) electrons. The summed E-state index contributed by atoms with van der Waals surface area (Å²) in [4.78, 5) is 16.6. The second kappa shape index (κ2) is 8.30. The van der Waals surface area contributed by atoms with Crippen LogP contribution >= 0.6 is 22.9 Å². The lowest BCUT2D eigenvalue weighted by Crippen LogP contribution is -2.16. The van der Waals surface area contributed by atoms with Crippen LogP contribution in [0.1, 0.15) is 16.8 Å². The number of carbonyl (C=O) groups is 1. The first-order valence-corrected chi connectivity index (χ1v) is 11.1. The number of carbonyl (C=O) groups excluding carboxylic acids is 1. The summed E-state index contributed by atoms with van der Waals surface area (Å²) in [5.74, 6) is -0.218. The molecule has 146 valence electrons. The molecule has 0 saturated heterocycles. The quantitative estimate of drug-likeness (QED) is 0.600. The van der Waals surface area contributed by atoms with Crippen LogP contribution in [0.25, 0.3) is 0 Å². The number of nitrogens with zero attached hydrogens (tertiary/aromatic N) is 1. The molecule has 28 heavy (non-hydrogen) atoms. The third-order valence-electron chi connectivity index (χ3n) is 3.90. The van der Waals surface area contributed by atoms with Gasteiger partial charge in [-0.1, -0.05) is 29.3 Å². The Balaban J connectivity index is 1.65. The Kier molecular flexibility index (Phi) is 6.02. The third-order valence-corrected chi connectivity index (χ3v) is 6.44. The van der Waals surface area contributed by atoms with Gasteiger partial charge in [0, 0.05) is 16.1 Å². The van der Waals surface area contributed by atoms with E-state index in [0.717, 1.165) is 28.2 Å². The number of aryl methyl sites for hydroxylation is 2. The molecule has 9 heteroatoms. The predicted molar refractivity (Wildman–Crippen MR) is 113 cm³/mol. The molecular weight excluding hydrogens is 418 g/mol. The number of thiazole rings is 1. The van der Waals surface area contributed by atoms with Crippen LogP contribution in [0.2, 0.25) is 5.02 Å². The molecule has 3 rings (SSSR count). The molecule has 1 aromatic heterocycles. The molecule has 0 bridgehead atoms. The van der Waals surface area contributed by atoms with Crippen LogP contribution in [0.5, 0.6) is 0 Å². The Morgan fingerprint density at radius 2 is 1.86 bits per heavy atom. The average molecular weight is 436 g/mol. The Morgan fingerprint density at radius 3 is 2.54 bits per heavy atom. The van der Waals surface area contributed by atoms with E-state index in [-0.39, 0.29) is 22.4 Å². The normalized spacial score (nSPS) is 11.2. The molecule has 2 aromatic carbocycles. The van der Waals surface area contributed by atoms with Crippen molar-refractivity contribution in [1.29, 1.82) is 0 Å². The summed E-state index contributed by atoms with van der Waals surface area (Å²) in [5.41, 5.74) is 3.33. The van der Waals surface area contributed by atoms with E-state index >= 15 is 0 Å². The molecule has 0 aliphatic heterocycles. The van der Waals surface area contributed by atoms with E-state index in [9.17, 15) is 13.2 Å². The first-order valence-electron chi connectivity index (χ1n) is 8.33. The highest BCUT2D eigenvalue weighted by molar-refractivity contribution is 7.93. The minimum Gasteiger partial charge on any atom is -0.326 e. The summed E-state index contributed by atoms with van der Waals surface area (Å²) in [5, 5.41) is 5.15. The summed E-state index contributed by atoms with van der Waals surface area (Å²) >= 11 is 6.91. The lowest BCUT2D eigenvalue weighted by Gasteiger charge is -2.08. The topological polar surface area (TPSA) is 88.2 Å². The summed E-state index contributed by atoms with van der Waals surface area (Å²) in [6.07, 6.45) is 0.0481. The van der Waals surface area contributed by atoms with E-state index in [2.05, 4.69) is 15.0 Å². The number of aromatic nitrogens is 1. The fourth-order valence-electron chi connectivity index (χ4n) is 2.54. The molecule has 1 amide bonds. The van der Waals surface area contributed by atoms with Gasteiger partial charge < -0.3 is 5.32 Å². The molecule has 0 aliphatic carbocycles. The molecule has 0 spiro atoms. The van der Waals surface area contributed by atoms with Gasteiger partial charge in [-0.15, -0.1) is 11.3 Å². The van der Waals surface area contributed by atoms with Crippen molar-refractivity contribution < 1.29 is 13.2 Å². The van der Waals surface area contributed by atoms with Gasteiger partial charge in [0.25, 0.3) is 10.0 Å². The first kappa shape index (κ1) is 20.3. The highest BCUT2D eigenvalue weighted by Crippen LogP contribution is 2.22. The van der Waals surface area contributed by atoms with Crippen LogP contribution in [0, 0.1) is 13.8 Å². The number of amides is 1. The van der Waals surface area contributed by atoms with Crippen LogP contribution in [0.3, 0.4) is 0 Å². The number of nitrogens with one attached hydrogen (secondary N) is 2. The van der Waals surface area contributed by atoms with Crippen molar-refractivity contribution in [3.63, 3.8) is 0 Å². The SMILES string of the molecule is Cc1ccc(NC(=O)Cc2csc(NS(=O)(=O)c3ccc(Cl)cc3)n2)c(C)c1. The van der Waals surface area contributed by atoms with E-state index in [1.807, 2.05) is 32.0 Å². The van der Waals surface area contributed by atoms with Crippen LogP contribution in [0.15, 0.2) is 52.7 Å².